The molecule has 3 heterocycles. The molecule has 0 radical (unpaired) electrons. The standard InChI is InChI=1S/C34H29N3O/c1-20(2)23-14-9-15-24(21(3)4)31(23)37-33(36-30-25-12-6-5-11-22(25)19-35-34(30)37)28-17-10-16-27-26-13-7-8-18-29(26)38-32(27)28/h5-21H,1-4H3. The largest absolute Gasteiger partial charge is 0.455 e. The van der Waals surface area contributed by atoms with E-state index in [1.165, 1.54) is 16.8 Å². The summed E-state index contributed by atoms with van der Waals surface area (Å²) in [6.07, 6.45) is 1.97. The van der Waals surface area contributed by atoms with E-state index in [0.29, 0.717) is 11.8 Å². The number of furan rings is 1. The molecule has 0 fully saturated rings. The average molecular weight is 496 g/mol. The third-order valence-electron chi connectivity index (χ3n) is 7.61. The summed E-state index contributed by atoms with van der Waals surface area (Å²) in [5, 5.41) is 4.39. The SMILES string of the molecule is CC(C)c1cccc(C(C)C)c1-n1c(-c2cccc3c2oc2ccccc23)nc2c3ccccc3cnc21. The third kappa shape index (κ3) is 3.30. The second-order valence-electron chi connectivity index (χ2n) is 10.7. The van der Waals surface area contributed by atoms with Gasteiger partial charge in [0.2, 0.25) is 0 Å². The molecule has 4 aromatic carbocycles. The van der Waals surface area contributed by atoms with E-state index in [9.17, 15) is 0 Å². The lowest BCUT2D eigenvalue weighted by atomic mass is 9.92. The van der Waals surface area contributed by atoms with Gasteiger partial charge in [0, 0.05) is 27.7 Å². The minimum Gasteiger partial charge on any atom is -0.455 e. The molecule has 186 valence electrons. The summed E-state index contributed by atoms with van der Waals surface area (Å²) in [5.74, 6) is 1.51. The molecule has 0 aliphatic rings. The summed E-state index contributed by atoms with van der Waals surface area (Å²) in [5.41, 5.74) is 8.20. The van der Waals surface area contributed by atoms with Crippen molar-refractivity contribution in [2.75, 3.05) is 0 Å². The van der Waals surface area contributed by atoms with Gasteiger partial charge in [-0.2, -0.15) is 0 Å². The van der Waals surface area contributed by atoms with Gasteiger partial charge in [0.1, 0.15) is 16.7 Å². The maximum Gasteiger partial charge on any atom is 0.165 e. The molecular weight excluding hydrogens is 466 g/mol. The van der Waals surface area contributed by atoms with Crippen LogP contribution in [0.25, 0.3) is 61.0 Å². The fourth-order valence-corrected chi connectivity index (χ4v) is 5.75. The molecule has 0 aliphatic heterocycles. The lowest BCUT2D eigenvalue weighted by Gasteiger charge is -2.22. The first-order valence-electron chi connectivity index (χ1n) is 13.3. The van der Waals surface area contributed by atoms with E-state index in [1.807, 2.05) is 24.4 Å². The number of hydrogen-bond acceptors (Lipinski definition) is 3. The number of imidazole rings is 1. The first-order chi connectivity index (χ1) is 18.5. The van der Waals surface area contributed by atoms with Crippen LogP contribution in [0.15, 0.2) is 95.5 Å². The second kappa shape index (κ2) is 8.56. The molecular formula is C34H29N3O. The molecule has 7 aromatic rings. The lowest BCUT2D eigenvalue weighted by Crippen LogP contribution is -2.09. The van der Waals surface area contributed by atoms with Crippen molar-refractivity contribution in [3.8, 4) is 17.1 Å². The van der Waals surface area contributed by atoms with Crippen LogP contribution in [0, 0.1) is 0 Å². The van der Waals surface area contributed by atoms with Crippen LogP contribution in [0.3, 0.4) is 0 Å². The Bertz CT molecular complexity index is 1960. The molecule has 4 heteroatoms. The molecule has 0 saturated heterocycles. The Morgan fingerprint density at radius 1 is 0.684 bits per heavy atom. The monoisotopic (exact) mass is 495 g/mol. The highest BCUT2D eigenvalue weighted by molar-refractivity contribution is 6.10. The van der Waals surface area contributed by atoms with Gasteiger partial charge in [-0.05, 0) is 35.1 Å². The Labute approximate surface area is 221 Å². The fourth-order valence-electron chi connectivity index (χ4n) is 5.75. The van der Waals surface area contributed by atoms with E-state index < -0.39 is 0 Å². The van der Waals surface area contributed by atoms with Crippen molar-refractivity contribution in [2.45, 2.75) is 39.5 Å². The highest BCUT2D eigenvalue weighted by Gasteiger charge is 2.25. The molecule has 7 rings (SSSR count). The number of nitrogens with zero attached hydrogens (tertiary/aromatic N) is 3. The van der Waals surface area contributed by atoms with Crippen molar-refractivity contribution >= 4 is 43.9 Å². The predicted molar refractivity (Wildman–Crippen MR) is 157 cm³/mol. The van der Waals surface area contributed by atoms with E-state index in [4.69, 9.17) is 14.4 Å². The Balaban J connectivity index is 1.68. The van der Waals surface area contributed by atoms with Crippen molar-refractivity contribution in [1.82, 2.24) is 14.5 Å². The summed E-state index contributed by atoms with van der Waals surface area (Å²) in [6, 6.07) is 29.6. The Hall–Kier alpha value is -4.44. The molecule has 0 bridgehead atoms. The van der Waals surface area contributed by atoms with E-state index in [2.05, 4.69) is 99.0 Å². The van der Waals surface area contributed by atoms with Crippen molar-refractivity contribution in [2.24, 2.45) is 0 Å². The number of fused-ring (bicyclic) bond motifs is 6. The number of aromatic nitrogens is 3. The number of benzene rings is 4. The number of pyridine rings is 1. The van der Waals surface area contributed by atoms with Gasteiger partial charge in [-0.1, -0.05) is 100 Å². The molecule has 0 unspecified atom stereocenters. The van der Waals surface area contributed by atoms with E-state index in [0.717, 1.165) is 55.3 Å². The summed E-state index contributed by atoms with van der Waals surface area (Å²) >= 11 is 0. The van der Waals surface area contributed by atoms with Crippen molar-refractivity contribution in [1.29, 1.82) is 0 Å². The molecule has 0 amide bonds. The quantitative estimate of drug-likeness (QED) is 0.244. The topological polar surface area (TPSA) is 43.9 Å². The summed E-state index contributed by atoms with van der Waals surface area (Å²) in [7, 11) is 0. The van der Waals surface area contributed by atoms with E-state index in [-0.39, 0.29) is 0 Å². The van der Waals surface area contributed by atoms with Gasteiger partial charge in [-0.3, -0.25) is 4.57 Å². The highest BCUT2D eigenvalue weighted by Crippen LogP contribution is 2.41. The van der Waals surface area contributed by atoms with Crippen LogP contribution in [-0.4, -0.2) is 14.5 Å². The van der Waals surface area contributed by atoms with E-state index in [1.54, 1.807) is 0 Å². The minimum absolute atomic E-state index is 0.330. The molecule has 4 nitrogen and oxygen atoms in total. The summed E-state index contributed by atoms with van der Waals surface area (Å²) < 4.78 is 8.78. The predicted octanol–water partition coefficient (Wildman–Crippen LogP) is 9.39. The molecule has 38 heavy (non-hydrogen) atoms. The molecule has 0 spiro atoms. The van der Waals surface area contributed by atoms with Gasteiger partial charge >= 0.3 is 0 Å². The van der Waals surface area contributed by atoms with Gasteiger partial charge in [-0.15, -0.1) is 0 Å². The molecule has 0 saturated carbocycles. The van der Waals surface area contributed by atoms with Crippen molar-refractivity contribution in [3.05, 3.63) is 102 Å². The number of rotatable bonds is 4. The zero-order chi connectivity index (χ0) is 26.0. The molecule has 0 atom stereocenters. The fraction of sp³-hybridized carbons (Fsp3) is 0.176. The summed E-state index contributed by atoms with van der Waals surface area (Å²) in [4.78, 5) is 10.4. The number of hydrogen-bond donors (Lipinski definition) is 0. The number of para-hydroxylation sites is 3. The average Bonchev–Trinajstić information content (AvgIpc) is 3.51. The van der Waals surface area contributed by atoms with Gasteiger partial charge in [0.05, 0.1) is 11.3 Å². The maximum atomic E-state index is 6.49. The Kier molecular flexibility index (Phi) is 5.12. The lowest BCUT2D eigenvalue weighted by molar-refractivity contribution is 0.669. The van der Waals surface area contributed by atoms with Gasteiger partial charge in [0.25, 0.3) is 0 Å². The highest BCUT2D eigenvalue weighted by atomic mass is 16.3. The van der Waals surface area contributed by atoms with E-state index >= 15 is 0 Å². The second-order valence-corrected chi connectivity index (χ2v) is 10.7. The Morgan fingerprint density at radius 2 is 1.34 bits per heavy atom. The first kappa shape index (κ1) is 22.7. The first-order valence-corrected chi connectivity index (χ1v) is 13.3. The minimum atomic E-state index is 0.330. The molecule has 0 N–H and O–H groups in total. The van der Waals surface area contributed by atoms with Crippen LogP contribution in [0.5, 0.6) is 0 Å². The van der Waals surface area contributed by atoms with Gasteiger partial charge in [-0.25, -0.2) is 9.97 Å². The van der Waals surface area contributed by atoms with Crippen LogP contribution < -0.4 is 0 Å². The van der Waals surface area contributed by atoms with Gasteiger partial charge < -0.3 is 4.42 Å². The van der Waals surface area contributed by atoms with Crippen LogP contribution in [0.4, 0.5) is 0 Å². The summed E-state index contributed by atoms with van der Waals surface area (Å²) in [6.45, 7) is 9.02. The van der Waals surface area contributed by atoms with Crippen LogP contribution in [0.2, 0.25) is 0 Å². The van der Waals surface area contributed by atoms with Gasteiger partial charge in [0.15, 0.2) is 11.5 Å². The molecule has 0 aliphatic carbocycles. The maximum absolute atomic E-state index is 6.49. The van der Waals surface area contributed by atoms with Crippen molar-refractivity contribution < 1.29 is 4.42 Å². The Morgan fingerprint density at radius 3 is 2.11 bits per heavy atom. The van der Waals surface area contributed by atoms with Crippen LogP contribution in [0.1, 0.15) is 50.7 Å². The zero-order valence-corrected chi connectivity index (χ0v) is 22.1. The van der Waals surface area contributed by atoms with Crippen LogP contribution >= 0.6 is 0 Å². The molecule has 3 aromatic heterocycles. The van der Waals surface area contributed by atoms with Crippen LogP contribution in [-0.2, 0) is 0 Å². The third-order valence-corrected chi connectivity index (χ3v) is 7.61. The zero-order valence-electron chi connectivity index (χ0n) is 22.1. The smallest absolute Gasteiger partial charge is 0.165 e. The van der Waals surface area contributed by atoms with Crippen molar-refractivity contribution in [3.63, 3.8) is 0 Å². The normalized spacial score (nSPS) is 12.2.